The molecule has 0 saturated heterocycles. The average Bonchev–Trinajstić information content (AvgIpc) is 2.46. The first-order chi connectivity index (χ1) is 10.9. The lowest BCUT2D eigenvalue weighted by atomic mass is 10.2. The van der Waals surface area contributed by atoms with Crippen molar-refractivity contribution in [3.8, 4) is 0 Å². The van der Waals surface area contributed by atoms with Gasteiger partial charge >= 0.3 is 0 Å². The Balaban J connectivity index is 2.21. The molecule has 2 N–H and O–H groups in total. The van der Waals surface area contributed by atoms with Crippen LogP contribution in [0, 0.1) is 10.1 Å². The Kier molecular flexibility index (Phi) is 4.92. The molecule has 0 bridgehead atoms. The number of hydrogen-bond donors (Lipinski definition) is 2. The molecule has 2 aromatic rings. The Morgan fingerprint density at radius 3 is 2.35 bits per heavy atom. The first-order valence-electron chi connectivity index (χ1n) is 6.50. The normalized spacial score (nSPS) is 10.0. The molecular weight excluding hydrogens is 322 g/mol. The molecule has 0 aromatic heterocycles. The summed E-state index contributed by atoms with van der Waals surface area (Å²) in [5.74, 6) is -0.758. The molecule has 0 radical (unpaired) electrons. The molecule has 2 rings (SSSR count). The number of carbonyl (C=O) groups excluding carboxylic acids is 2. The van der Waals surface area contributed by atoms with Crippen molar-refractivity contribution < 1.29 is 14.5 Å². The fourth-order valence-electron chi connectivity index (χ4n) is 1.88. The summed E-state index contributed by atoms with van der Waals surface area (Å²) in [5.41, 5.74) is 0.730. The van der Waals surface area contributed by atoms with Crippen LogP contribution in [0.25, 0.3) is 0 Å². The van der Waals surface area contributed by atoms with E-state index in [0.29, 0.717) is 11.4 Å². The SMILES string of the molecule is CC(=O)Nc1cccc(NC(=O)c2ccc(Cl)c([N+](=O)[O-])c2)c1. The molecule has 0 aliphatic rings. The zero-order chi connectivity index (χ0) is 17.0. The number of amides is 2. The van der Waals surface area contributed by atoms with Crippen molar-refractivity contribution in [3.63, 3.8) is 0 Å². The van der Waals surface area contributed by atoms with Crippen molar-refractivity contribution in [2.45, 2.75) is 6.92 Å². The van der Waals surface area contributed by atoms with Gasteiger partial charge < -0.3 is 10.6 Å². The maximum Gasteiger partial charge on any atom is 0.288 e. The Morgan fingerprint density at radius 2 is 1.74 bits per heavy atom. The highest BCUT2D eigenvalue weighted by Gasteiger charge is 2.16. The Bertz CT molecular complexity index is 792. The molecule has 0 heterocycles. The first kappa shape index (κ1) is 16.4. The highest BCUT2D eigenvalue weighted by molar-refractivity contribution is 6.32. The summed E-state index contributed by atoms with van der Waals surface area (Å²) in [5, 5.41) is 16.0. The standard InChI is InChI=1S/C15H12ClN3O4/c1-9(20)17-11-3-2-4-12(8-11)18-15(21)10-5-6-13(16)14(7-10)19(22)23/h2-8H,1H3,(H,17,20)(H,18,21). The van der Waals surface area contributed by atoms with E-state index in [1.807, 2.05) is 0 Å². The molecule has 0 unspecified atom stereocenters. The second-order valence-electron chi connectivity index (χ2n) is 4.64. The molecule has 0 aliphatic heterocycles. The number of anilines is 2. The van der Waals surface area contributed by atoms with E-state index in [1.165, 1.54) is 19.1 Å². The van der Waals surface area contributed by atoms with Crippen LogP contribution in [0.1, 0.15) is 17.3 Å². The van der Waals surface area contributed by atoms with Gasteiger partial charge in [0.1, 0.15) is 5.02 Å². The van der Waals surface area contributed by atoms with Crippen molar-refractivity contribution in [2.75, 3.05) is 10.6 Å². The van der Waals surface area contributed by atoms with Crippen molar-refractivity contribution in [1.29, 1.82) is 0 Å². The number of nitrogens with zero attached hydrogens (tertiary/aromatic N) is 1. The third-order valence-electron chi connectivity index (χ3n) is 2.85. The van der Waals surface area contributed by atoms with E-state index < -0.39 is 10.8 Å². The second kappa shape index (κ2) is 6.89. The van der Waals surface area contributed by atoms with E-state index in [0.717, 1.165) is 6.07 Å². The minimum Gasteiger partial charge on any atom is -0.326 e. The van der Waals surface area contributed by atoms with Gasteiger partial charge in [0.25, 0.3) is 11.6 Å². The number of rotatable bonds is 4. The minimum absolute atomic E-state index is 0.0424. The van der Waals surface area contributed by atoms with E-state index in [1.54, 1.807) is 24.3 Å². The summed E-state index contributed by atoms with van der Waals surface area (Å²) < 4.78 is 0. The van der Waals surface area contributed by atoms with E-state index in [4.69, 9.17) is 11.6 Å². The van der Waals surface area contributed by atoms with Crippen LogP contribution in [0.2, 0.25) is 5.02 Å². The number of nitro benzene ring substituents is 1. The van der Waals surface area contributed by atoms with Crippen LogP contribution in [0.3, 0.4) is 0 Å². The summed E-state index contributed by atoms with van der Waals surface area (Å²) in [6.45, 7) is 1.37. The topological polar surface area (TPSA) is 101 Å². The predicted molar refractivity (Wildman–Crippen MR) is 86.8 cm³/mol. The van der Waals surface area contributed by atoms with E-state index in [-0.39, 0.29) is 22.2 Å². The monoisotopic (exact) mass is 333 g/mol. The van der Waals surface area contributed by atoms with E-state index >= 15 is 0 Å². The van der Waals surface area contributed by atoms with Crippen LogP contribution < -0.4 is 10.6 Å². The highest BCUT2D eigenvalue weighted by atomic mass is 35.5. The smallest absolute Gasteiger partial charge is 0.288 e. The maximum atomic E-state index is 12.2. The Labute approximate surface area is 136 Å². The number of hydrogen-bond acceptors (Lipinski definition) is 4. The van der Waals surface area contributed by atoms with Crippen molar-refractivity contribution in [3.05, 3.63) is 63.2 Å². The molecule has 0 saturated carbocycles. The Morgan fingerprint density at radius 1 is 1.09 bits per heavy atom. The van der Waals surface area contributed by atoms with Crippen LogP contribution in [0.5, 0.6) is 0 Å². The molecule has 0 aliphatic carbocycles. The minimum atomic E-state index is -0.656. The van der Waals surface area contributed by atoms with Crippen molar-refractivity contribution in [1.82, 2.24) is 0 Å². The zero-order valence-electron chi connectivity index (χ0n) is 12.0. The number of carbonyl (C=O) groups is 2. The summed E-state index contributed by atoms with van der Waals surface area (Å²) in [4.78, 5) is 33.4. The van der Waals surface area contributed by atoms with Gasteiger partial charge in [-0.3, -0.25) is 19.7 Å². The number of benzene rings is 2. The largest absolute Gasteiger partial charge is 0.326 e. The van der Waals surface area contributed by atoms with Gasteiger partial charge in [0, 0.05) is 29.9 Å². The molecular formula is C15H12ClN3O4. The average molecular weight is 334 g/mol. The lowest BCUT2D eigenvalue weighted by molar-refractivity contribution is -0.384. The van der Waals surface area contributed by atoms with Crippen molar-refractivity contribution in [2.24, 2.45) is 0 Å². The lowest BCUT2D eigenvalue weighted by Crippen LogP contribution is -2.13. The van der Waals surface area contributed by atoms with Crippen molar-refractivity contribution >= 4 is 40.5 Å². The van der Waals surface area contributed by atoms with Gasteiger partial charge in [-0.1, -0.05) is 17.7 Å². The molecule has 118 valence electrons. The quantitative estimate of drug-likeness (QED) is 0.660. The van der Waals surface area contributed by atoms with Crippen LogP contribution in [0.4, 0.5) is 17.1 Å². The molecule has 8 heteroatoms. The molecule has 0 fully saturated rings. The fourth-order valence-corrected chi connectivity index (χ4v) is 2.06. The molecule has 0 spiro atoms. The van der Waals surface area contributed by atoms with Gasteiger partial charge in [-0.2, -0.15) is 0 Å². The molecule has 0 atom stereocenters. The van der Waals surface area contributed by atoms with Crippen LogP contribution in [-0.4, -0.2) is 16.7 Å². The van der Waals surface area contributed by atoms with Gasteiger partial charge in [-0.15, -0.1) is 0 Å². The third kappa shape index (κ3) is 4.27. The van der Waals surface area contributed by atoms with Gasteiger partial charge in [0.05, 0.1) is 4.92 Å². The molecule has 7 nitrogen and oxygen atoms in total. The van der Waals surface area contributed by atoms with Crippen LogP contribution in [-0.2, 0) is 4.79 Å². The summed E-state index contributed by atoms with van der Waals surface area (Å²) in [6, 6.07) is 10.3. The zero-order valence-corrected chi connectivity index (χ0v) is 12.8. The lowest BCUT2D eigenvalue weighted by Gasteiger charge is -2.08. The highest BCUT2D eigenvalue weighted by Crippen LogP contribution is 2.25. The number of nitrogens with one attached hydrogen (secondary N) is 2. The molecule has 2 aromatic carbocycles. The van der Waals surface area contributed by atoms with Crippen LogP contribution >= 0.6 is 11.6 Å². The van der Waals surface area contributed by atoms with E-state index in [9.17, 15) is 19.7 Å². The molecule has 2 amide bonds. The second-order valence-corrected chi connectivity index (χ2v) is 5.05. The maximum absolute atomic E-state index is 12.2. The van der Waals surface area contributed by atoms with Crippen LogP contribution in [0.15, 0.2) is 42.5 Å². The van der Waals surface area contributed by atoms with Gasteiger partial charge in [-0.05, 0) is 30.3 Å². The fraction of sp³-hybridized carbons (Fsp3) is 0.0667. The summed E-state index contributed by atoms with van der Waals surface area (Å²) in [7, 11) is 0. The number of nitro groups is 1. The Hall–Kier alpha value is -2.93. The number of halogens is 1. The van der Waals surface area contributed by atoms with E-state index in [2.05, 4.69) is 10.6 Å². The van der Waals surface area contributed by atoms with Gasteiger partial charge in [-0.25, -0.2) is 0 Å². The first-order valence-corrected chi connectivity index (χ1v) is 6.87. The third-order valence-corrected chi connectivity index (χ3v) is 3.17. The molecule has 23 heavy (non-hydrogen) atoms. The van der Waals surface area contributed by atoms with Gasteiger partial charge in [0.15, 0.2) is 0 Å². The summed E-state index contributed by atoms with van der Waals surface area (Å²) in [6.07, 6.45) is 0. The van der Waals surface area contributed by atoms with Gasteiger partial charge in [0.2, 0.25) is 5.91 Å². The summed E-state index contributed by atoms with van der Waals surface area (Å²) >= 11 is 5.71. The predicted octanol–water partition coefficient (Wildman–Crippen LogP) is 3.46.